The zero-order valence-electron chi connectivity index (χ0n) is 15.2. The zero-order chi connectivity index (χ0) is 19.3. The first-order valence-corrected chi connectivity index (χ1v) is 9.00. The summed E-state index contributed by atoms with van der Waals surface area (Å²) in [5, 5.41) is 0. The number of hydrogen-bond acceptors (Lipinski definition) is 2. The lowest BCUT2D eigenvalue weighted by atomic mass is 9.90. The van der Waals surface area contributed by atoms with E-state index in [0.29, 0.717) is 18.8 Å². The first kappa shape index (κ1) is 22.2. The number of carbonyl (C=O) groups excluding carboxylic acids is 1. The van der Waals surface area contributed by atoms with Gasteiger partial charge in [0, 0.05) is 6.42 Å². The maximum Gasteiger partial charge on any atom is 0.394 e. The third kappa shape index (κ3) is 8.36. The van der Waals surface area contributed by atoms with Crippen LogP contribution in [0.25, 0.3) is 0 Å². The van der Waals surface area contributed by atoms with Crippen molar-refractivity contribution < 1.29 is 31.5 Å². The van der Waals surface area contributed by atoms with Crippen LogP contribution in [0.4, 0.5) is 22.0 Å². The summed E-state index contributed by atoms with van der Waals surface area (Å²) < 4.78 is 69.3. The molecule has 0 amide bonds. The van der Waals surface area contributed by atoms with Crippen LogP contribution < -0.4 is 0 Å². The first-order chi connectivity index (χ1) is 11.3. The Morgan fingerprint density at radius 2 is 1.68 bits per heavy atom. The molecule has 1 aliphatic rings. The van der Waals surface area contributed by atoms with Gasteiger partial charge in [-0.05, 0) is 39.0 Å². The average Bonchev–Trinajstić information content (AvgIpc) is 2.95. The predicted octanol–water partition coefficient (Wildman–Crippen LogP) is 6.28. The van der Waals surface area contributed by atoms with E-state index >= 15 is 0 Å². The average molecular weight is 372 g/mol. The number of alkyl halides is 5. The van der Waals surface area contributed by atoms with Crippen molar-refractivity contribution in [3.63, 3.8) is 0 Å². The van der Waals surface area contributed by atoms with Gasteiger partial charge in [0.15, 0.2) is 0 Å². The Morgan fingerprint density at radius 1 is 1.12 bits per heavy atom. The molecule has 1 atom stereocenters. The zero-order valence-corrected chi connectivity index (χ0v) is 15.2. The van der Waals surface area contributed by atoms with Crippen LogP contribution in [0.15, 0.2) is 0 Å². The molecular formula is C18H29F5O2. The smallest absolute Gasteiger partial charge is 0.394 e. The Labute approximate surface area is 146 Å². The molecule has 148 valence electrons. The molecule has 0 radical (unpaired) electrons. The molecule has 25 heavy (non-hydrogen) atoms. The molecule has 0 aromatic heterocycles. The maximum absolute atomic E-state index is 13.6. The van der Waals surface area contributed by atoms with Gasteiger partial charge in [0.1, 0.15) is 12.5 Å². The predicted molar refractivity (Wildman–Crippen MR) is 85.4 cm³/mol. The van der Waals surface area contributed by atoms with E-state index in [9.17, 15) is 26.7 Å². The van der Waals surface area contributed by atoms with E-state index in [0.717, 1.165) is 25.7 Å². The van der Waals surface area contributed by atoms with Gasteiger partial charge in [-0.25, -0.2) is 8.78 Å². The Morgan fingerprint density at radius 3 is 2.16 bits per heavy atom. The van der Waals surface area contributed by atoms with E-state index in [4.69, 9.17) is 4.74 Å². The number of esters is 1. The van der Waals surface area contributed by atoms with Crippen molar-refractivity contribution >= 4 is 5.97 Å². The van der Waals surface area contributed by atoms with Crippen LogP contribution >= 0.6 is 0 Å². The molecule has 0 N–H and O–H groups in total. The van der Waals surface area contributed by atoms with Crippen molar-refractivity contribution in [1.29, 1.82) is 0 Å². The topological polar surface area (TPSA) is 26.3 Å². The number of carbonyl (C=O) groups is 1. The highest BCUT2D eigenvalue weighted by Crippen LogP contribution is 2.37. The van der Waals surface area contributed by atoms with Crippen LogP contribution in [-0.2, 0) is 9.53 Å². The molecule has 1 aliphatic carbocycles. The molecule has 7 heteroatoms. The first-order valence-electron chi connectivity index (χ1n) is 9.00. The van der Waals surface area contributed by atoms with Gasteiger partial charge >= 0.3 is 12.1 Å². The molecule has 1 rings (SSSR count). The standard InChI is InChI=1S/C18H29F5O2/c1-4-16(2,3)15(24)25-14(11-13-7-5-6-8-13)9-10-17(19,20)12-18(21,22)23/h13-14H,4-12H2,1-3H3. The Kier molecular flexibility index (Phi) is 7.69. The van der Waals surface area contributed by atoms with E-state index in [2.05, 4.69) is 0 Å². The molecule has 1 fully saturated rings. The van der Waals surface area contributed by atoms with Gasteiger partial charge in [0.05, 0.1) is 5.41 Å². The summed E-state index contributed by atoms with van der Waals surface area (Å²) in [6.45, 7) is 5.24. The summed E-state index contributed by atoms with van der Waals surface area (Å²) in [6, 6.07) is 0. The molecule has 0 saturated heterocycles. The van der Waals surface area contributed by atoms with Crippen molar-refractivity contribution in [2.75, 3.05) is 0 Å². The number of rotatable bonds is 9. The van der Waals surface area contributed by atoms with Gasteiger partial charge in [-0.3, -0.25) is 4.79 Å². The molecule has 1 unspecified atom stereocenters. The summed E-state index contributed by atoms with van der Waals surface area (Å²) in [4.78, 5) is 12.2. The third-order valence-electron chi connectivity index (χ3n) is 5.07. The lowest BCUT2D eigenvalue weighted by Gasteiger charge is -2.28. The minimum Gasteiger partial charge on any atom is -0.462 e. The van der Waals surface area contributed by atoms with Gasteiger partial charge < -0.3 is 4.74 Å². The fourth-order valence-electron chi connectivity index (χ4n) is 3.05. The van der Waals surface area contributed by atoms with Crippen molar-refractivity contribution in [2.45, 2.75) is 96.8 Å². The Hall–Kier alpha value is -0.880. The second-order valence-corrected chi connectivity index (χ2v) is 7.84. The van der Waals surface area contributed by atoms with Gasteiger partial charge in [0.25, 0.3) is 5.92 Å². The van der Waals surface area contributed by atoms with E-state index < -0.39 is 42.4 Å². The van der Waals surface area contributed by atoms with E-state index in [1.807, 2.05) is 6.92 Å². The lowest BCUT2D eigenvalue weighted by molar-refractivity contribution is -0.192. The van der Waals surface area contributed by atoms with E-state index in [-0.39, 0.29) is 6.42 Å². The van der Waals surface area contributed by atoms with Crippen molar-refractivity contribution in [1.82, 2.24) is 0 Å². The SMILES string of the molecule is CCC(C)(C)C(=O)OC(CCC(F)(F)CC(F)(F)F)CC1CCCC1. The molecular weight excluding hydrogens is 343 g/mol. The lowest BCUT2D eigenvalue weighted by Crippen LogP contribution is -2.33. The van der Waals surface area contributed by atoms with Crippen LogP contribution in [-0.4, -0.2) is 24.2 Å². The highest BCUT2D eigenvalue weighted by atomic mass is 19.4. The molecule has 0 spiro atoms. The fraction of sp³-hybridized carbons (Fsp3) is 0.944. The van der Waals surface area contributed by atoms with Gasteiger partial charge in [-0.1, -0.05) is 32.6 Å². The minimum atomic E-state index is -4.91. The summed E-state index contributed by atoms with van der Waals surface area (Å²) >= 11 is 0. The van der Waals surface area contributed by atoms with Crippen LogP contribution in [0.3, 0.4) is 0 Å². The van der Waals surface area contributed by atoms with Crippen molar-refractivity contribution in [3.05, 3.63) is 0 Å². The molecule has 0 heterocycles. The highest BCUT2D eigenvalue weighted by Gasteiger charge is 2.44. The largest absolute Gasteiger partial charge is 0.462 e. The number of hydrogen-bond donors (Lipinski definition) is 0. The number of halogens is 5. The van der Waals surface area contributed by atoms with Gasteiger partial charge in [-0.15, -0.1) is 0 Å². The fourth-order valence-corrected chi connectivity index (χ4v) is 3.05. The molecule has 0 bridgehead atoms. The van der Waals surface area contributed by atoms with Crippen LogP contribution in [0, 0.1) is 11.3 Å². The molecule has 1 saturated carbocycles. The summed E-state index contributed by atoms with van der Waals surface area (Å²) in [7, 11) is 0. The second-order valence-electron chi connectivity index (χ2n) is 7.84. The normalized spacial score (nSPS) is 18.4. The number of ether oxygens (including phenoxy) is 1. The highest BCUT2D eigenvalue weighted by molar-refractivity contribution is 5.75. The molecule has 0 aromatic rings. The quantitative estimate of drug-likeness (QED) is 0.351. The summed E-state index contributed by atoms with van der Waals surface area (Å²) in [5.74, 6) is -4.02. The molecule has 0 aliphatic heterocycles. The Balaban J connectivity index is 2.68. The summed E-state index contributed by atoms with van der Waals surface area (Å²) in [5.41, 5.74) is -0.734. The van der Waals surface area contributed by atoms with Gasteiger partial charge in [-0.2, -0.15) is 13.2 Å². The molecule has 0 aromatic carbocycles. The van der Waals surface area contributed by atoms with Gasteiger partial charge in [0.2, 0.25) is 0 Å². The van der Waals surface area contributed by atoms with Crippen LogP contribution in [0.2, 0.25) is 0 Å². The third-order valence-corrected chi connectivity index (χ3v) is 5.07. The van der Waals surface area contributed by atoms with E-state index in [1.165, 1.54) is 0 Å². The van der Waals surface area contributed by atoms with Crippen LogP contribution in [0.5, 0.6) is 0 Å². The van der Waals surface area contributed by atoms with E-state index in [1.54, 1.807) is 13.8 Å². The summed E-state index contributed by atoms with van der Waals surface area (Å²) in [6.07, 6.45) is -3.98. The minimum absolute atomic E-state index is 0.245. The van der Waals surface area contributed by atoms with Crippen molar-refractivity contribution in [3.8, 4) is 0 Å². The Bertz CT molecular complexity index is 426. The maximum atomic E-state index is 13.6. The monoisotopic (exact) mass is 372 g/mol. The second kappa shape index (κ2) is 8.67. The van der Waals surface area contributed by atoms with Crippen LogP contribution in [0.1, 0.15) is 78.6 Å². The van der Waals surface area contributed by atoms with Crippen molar-refractivity contribution in [2.24, 2.45) is 11.3 Å². The molecule has 2 nitrogen and oxygen atoms in total.